The lowest BCUT2D eigenvalue weighted by Crippen LogP contribution is -2.22. The van der Waals surface area contributed by atoms with E-state index in [-0.39, 0.29) is 5.56 Å². The third kappa shape index (κ3) is 2.42. The van der Waals surface area contributed by atoms with Gasteiger partial charge < -0.3 is 4.98 Å². The van der Waals surface area contributed by atoms with E-state index in [1.165, 1.54) is 34.2 Å². The molecule has 0 saturated heterocycles. The van der Waals surface area contributed by atoms with Crippen LogP contribution >= 0.6 is 0 Å². The second-order valence-electron chi connectivity index (χ2n) is 7.05. The van der Waals surface area contributed by atoms with Gasteiger partial charge in [0.25, 0.3) is 5.56 Å². The highest BCUT2D eigenvalue weighted by Gasteiger charge is 2.28. The van der Waals surface area contributed by atoms with Gasteiger partial charge in [-0.3, -0.25) is 9.69 Å². The Kier molecular flexibility index (Phi) is 4.05. The van der Waals surface area contributed by atoms with E-state index in [0.29, 0.717) is 0 Å². The minimum absolute atomic E-state index is 0.144. The minimum atomic E-state index is 0.144. The number of H-pyrrole nitrogens is 1. The monoisotopic (exact) mass is 322 g/mol. The number of nitrogens with zero attached hydrogens (tertiary/aromatic N) is 1. The van der Waals surface area contributed by atoms with Crippen molar-refractivity contribution in [3.05, 3.63) is 56.4 Å². The molecule has 4 rings (SSSR count). The van der Waals surface area contributed by atoms with Crippen LogP contribution in [0.3, 0.4) is 0 Å². The van der Waals surface area contributed by atoms with E-state index in [9.17, 15) is 4.79 Å². The Labute approximate surface area is 143 Å². The summed E-state index contributed by atoms with van der Waals surface area (Å²) < 4.78 is 0. The quantitative estimate of drug-likeness (QED) is 0.795. The molecule has 0 radical (unpaired) electrons. The number of fused-ring (bicyclic) bond motifs is 5. The maximum absolute atomic E-state index is 12.5. The number of benzene rings is 1. The van der Waals surface area contributed by atoms with Gasteiger partial charge in [-0.25, -0.2) is 0 Å². The van der Waals surface area contributed by atoms with Crippen molar-refractivity contribution in [3.63, 3.8) is 0 Å². The van der Waals surface area contributed by atoms with Gasteiger partial charge in [-0.2, -0.15) is 0 Å². The van der Waals surface area contributed by atoms with Gasteiger partial charge in [-0.15, -0.1) is 0 Å². The molecule has 0 fully saturated rings. The van der Waals surface area contributed by atoms with Crippen molar-refractivity contribution in [1.29, 1.82) is 0 Å². The molecule has 2 aliphatic rings. The van der Waals surface area contributed by atoms with Gasteiger partial charge in [0.1, 0.15) is 0 Å². The Hall–Kier alpha value is -1.87. The first-order valence-electron chi connectivity index (χ1n) is 9.33. The van der Waals surface area contributed by atoms with Gasteiger partial charge in [0.2, 0.25) is 0 Å². The van der Waals surface area contributed by atoms with Crippen LogP contribution in [-0.4, -0.2) is 23.0 Å². The van der Waals surface area contributed by atoms with E-state index < -0.39 is 0 Å². The summed E-state index contributed by atoms with van der Waals surface area (Å²) in [4.78, 5) is 18.2. The van der Waals surface area contributed by atoms with E-state index >= 15 is 0 Å². The van der Waals surface area contributed by atoms with Crippen molar-refractivity contribution in [1.82, 2.24) is 9.88 Å². The summed E-state index contributed by atoms with van der Waals surface area (Å²) in [6.45, 7) is 7.57. The third-order valence-electron chi connectivity index (χ3n) is 5.83. The molecule has 0 atom stereocenters. The average Bonchev–Trinajstić information content (AvgIpc) is 2.99. The summed E-state index contributed by atoms with van der Waals surface area (Å²) in [6.07, 6.45) is 5.36. The zero-order valence-electron chi connectivity index (χ0n) is 14.7. The highest BCUT2D eigenvalue weighted by molar-refractivity contribution is 5.76. The van der Waals surface area contributed by atoms with Crippen LogP contribution in [0.2, 0.25) is 0 Å². The Morgan fingerprint density at radius 2 is 1.75 bits per heavy atom. The topological polar surface area (TPSA) is 36.1 Å². The molecule has 1 N–H and O–H groups in total. The van der Waals surface area contributed by atoms with E-state index in [1.54, 1.807) is 0 Å². The molecule has 126 valence electrons. The summed E-state index contributed by atoms with van der Waals surface area (Å²) in [5, 5.41) is 0. The largest absolute Gasteiger partial charge is 0.321 e. The highest BCUT2D eigenvalue weighted by Crippen LogP contribution is 2.40. The Balaban J connectivity index is 1.81. The lowest BCUT2D eigenvalue weighted by atomic mass is 9.88. The van der Waals surface area contributed by atoms with Gasteiger partial charge in [0.15, 0.2) is 0 Å². The summed E-state index contributed by atoms with van der Waals surface area (Å²) in [5.74, 6) is 0. The average molecular weight is 322 g/mol. The standard InChI is InChI=1S/C21H26N2O/c1-3-23(4-2)13-14-8-7-11-16-18(14)12-19-15-9-5-6-10-17(15)21(24)22-20(16)19/h7-8,11H,3-6,9-10,12-13H2,1-2H3,(H,22,24). The summed E-state index contributed by atoms with van der Waals surface area (Å²) >= 11 is 0. The molecular formula is C21H26N2O. The van der Waals surface area contributed by atoms with Gasteiger partial charge in [-0.1, -0.05) is 32.0 Å². The fraction of sp³-hybridized carbons (Fsp3) is 0.476. The van der Waals surface area contributed by atoms with Crippen LogP contribution in [0.5, 0.6) is 0 Å². The van der Waals surface area contributed by atoms with E-state index in [2.05, 4.69) is 41.9 Å². The fourth-order valence-electron chi connectivity index (χ4n) is 4.42. The molecule has 0 amide bonds. The zero-order valence-corrected chi connectivity index (χ0v) is 14.7. The van der Waals surface area contributed by atoms with E-state index in [4.69, 9.17) is 0 Å². The van der Waals surface area contributed by atoms with Crippen LogP contribution < -0.4 is 5.56 Å². The Morgan fingerprint density at radius 3 is 2.50 bits per heavy atom. The van der Waals surface area contributed by atoms with Crippen molar-refractivity contribution < 1.29 is 0 Å². The highest BCUT2D eigenvalue weighted by atomic mass is 16.1. The van der Waals surface area contributed by atoms with Gasteiger partial charge in [0.05, 0.1) is 5.69 Å². The Bertz CT molecular complexity index is 830. The van der Waals surface area contributed by atoms with Crippen LogP contribution in [0.1, 0.15) is 54.5 Å². The Morgan fingerprint density at radius 1 is 1.00 bits per heavy atom. The molecule has 0 bridgehead atoms. The maximum Gasteiger partial charge on any atom is 0.251 e. The second kappa shape index (κ2) is 6.21. The number of hydrogen-bond donors (Lipinski definition) is 1. The molecule has 0 spiro atoms. The molecule has 3 nitrogen and oxygen atoms in total. The number of rotatable bonds is 4. The number of pyridine rings is 1. The number of nitrogens with one attached hydrogen (secondary N) is 1. The number of aromatic amines is 1. The summed E-state index contributed by atoms with van der Waals surface area (Å²) in [7, 11) is 0. The molecule has 0 saturated carbocycles. The van der Waals surface area contributed by atoms with Crippen LogP contribution in [0.4, 0.5) is 0 Å². The molecule has 3 heteroatoms. The van der Waals surface area contributed by atoms with Crippen LogP contribution in [-0.2, 0) is 25.8 Å². The first-order chi connectivity index (χ1) is 11.7. The predicted molar refractivity (Wildman–Crippen MR) is 98.6 cm³/mol. The molecule has 1 aromatic carbocycles. The van der Waals surface area contributed by atoms with Crippen molar-refractivity contribution in [2.45, 2.75) is 52.5 Å². The van der Waals surface area contributed by atoms with Crippen LogP contribution in [0.25, 0.3) is 11.3 Å². The first-order valence-corrected chi connectivity index (χ1v) is 9.33. The van der Waals surface area contributed by atoms with Crippen molar-refractivity contribution in [2.24, 2.45) is 0 Å². The lowest BCUT2D eigenvalue weighted by Gasteiger charge is -2.20. The van der Waals surface area contributed by atoms with Gasteiger partial charge in [-0.05, 0) is 61.0 Å². The molecule has 0 unspecified atom stereocenters. The van der Waals surface area contributed by atoms with Gasteiger partial charge >= 0.3 is 0 Å². The molecule has 2 aliphatic carbocycles. The molecule has 24 heavy (non-hydrogen) atoms. The summed E-state index contributed by atoms with van der Waals surface area (Å²) in [5.41, 5.74) is 9.13. The SMILES string of the molecule is CCN(CC)Cc1cccc2c1Cc1c-2[nH]c(=O)c2c1CCCC2. The molecule has 1 aromatic heterocycles. The third-order valence-corrected chi connectivity index (χ3v) is 5.83. The second-order valence-corrected chi connectivity index (χ2v) is 7.05. The first kappa shape index (κ1) is 15.6. The maximum atomic E-state index is 12.5. The number of hydrogen-bond acceptors (Lipinski definition) is 2. The van der Waals surface area contributed by atoms with Crippen molar-refractivity contribution in [2.75, 3.05) is 13.1 Å². The fourth-order valence-corrected chi connectivity index (χ4v) is 4.42. The van der Waals surface area contributed by atoms with Crippen molar-refractivity contribution in [3.8, 4) is 11.3 Å². The smallest absolute Gasteiger partial charge is 0.251 e. The van der Waals surface area contributed by atoms with Crippen LogP contribution in [0.15, 0.2) is 23.0 Å². The molecule has 2 aromatic rings. The summed E-state index contributed by atoms with van der Waals surface area (Å²) in [6, 6.07) is 6.58. The molecular weight excluding hydrogens is 296 g/mol. The lowest BCUT2D eigenvalue weighted by molar-refractivity contribution is 0.295. The zero-order chi connectivity index (χ0) is 16.7. The predicted octanol–water partition coefficient (Wildman–Crippen LogP) is 3.67. The van der Waals surface area contributed by atoms with E-state index in [1.807, 2.05) is 0 Å². The van der Waals surface area contributed by atoms with Crippen molar-refractivity contribution >= 4 is 0 Å². The molecule has 1 heterocycles. The van der Waals surface area contributed by atoms with Crippen LogP contribution in [0, 0.1) is 0 Å². The van der Waals surface area contributed by atoms with Gasteiger partial charge in [0, 0.05) is 24.1 Å². The van der Waals surface area contributed by atoms with E-state index in [0.717, 1.165) is 56.6 Å². The normalized spacial score (nSPS) is 15.3. The molecule has 0 aliphatic heterocycles. The number of aromatic nitrogens is 1. The minimum Gasteiger partial charge on any atom is -0.321 e.